The molecule has 134 valence electrons. The summed E-state index contributed by atoms with van der Waals surface area (Å²) in [7, 11) is -1.85. The van der Waals surface area contributed by atoms with E-state index in [4.69, 9.17) is 4.74 Å². The molecule has 0 aliphatic heterocycles. The Hall–Kier alpha value is -2.06. The molecule has 0 aromatic heterocycles. The van der Waals surface area contributed by atoms with E-state index in [1.165, 1.54) is 11.4 Å². The Balaban J connectivity index is 2.00. The predicted molar refractivity (Wildman–Crippen MR) is 103 cm³/mol. The zero-order valence-corrected chi connectivity index (χ0v) is 16.5. The van der Waals surface area contributed by atoms with Crippen LogP contribution < -0.4 is 14.4 Å². The highest BCUT2D eigenvalue weighted by Crippen LogP contribution is 2.21. The number of carbonyl (C=O) groups excluding carboxylic acids is 1. The summed E-state index contributed by atoms with van der Waals surface area (Å²) in [5, 5.41) is 2.77. The van der Waals surface area contributed by atoms with Gasteiger partial charge in [0.05, 0.1) is 11.9 Å². The summed E-state index contributed by atoms with van der Waals surface area (Å²) in [5.74, 6) is 0.193. The first-order valence-electron chi connectivity index (χ1n) is 7.44. The van der Waals surface area contributed by atoms with Crippen LogP contribution in [0.3, 0.4) is 0 Å². The van der Waals surface area contributed by atoms with Crippen LogP contribution in [0.1, 0.15) is 6.92 Å². The molecule has 2 aromatic rings. The third-order valence-electron chi connectivity index (χ3n) is 3.47. The molecule has 8 heteroatoms. The minimum atomic E-state index is -3.32. The second-order valence-electron chi connectivity index (χ2n) is 5.48. The number of sulfonamides is 1. The van der Waals surface area contributed by atoms with Crippen LogP contribution in [0.4, 0.5) is 11.4 Å². The van der Waals surface area contributed by atoms with Gasteiger partial charge in [0, 0.05) is 17.2 Å². The predicted octanol–water partition coefficient (Wildman–Crippen LogP) is 3.25. The second-order valence-corrected chi connectivity index (χ2v) is 8.41. The summed E-state index contributed by atoms with van der Waals surface area (Å²) in [6.45, 7) is 1.64. The molecular formula is C17H19BrN2O4S. The molecule has 25 heavy (non-hydrogen) atoms. The normalized spacial score (nSPS) is 12.3. The van der Waals surface area contributed by atoms with Crippen molar-refractivity contribution >= 4 is 43.2 Å². The molecule has 0 saturated heterocycles. The first-order chi connectivity index (χ1) is 11.7. The lowest BCUT2D eigenvalue weighted by Crippen LogP contribution is -2.30. The largest absolute Gasteiger partial charge is 0.481 e. The number of amides is 1. The summed E-state index contributed by atoms with van der Waals surface area (Å²) in [5.41, 5.74) is 1.18. The molecule has 0 fully saturated rings. The Morgan fingerprint density at radius 3 is 2.40 bits per heavy atom. The van der Waals surface area contributed by atoms with Gasteiger partial charge in [0.25, 0.3) is 5.91 Å². The van der Waals surface area contributed by atoms with Crippen molar-refractivity contribution < 1.29 is 17.9 Å². The number of anilines is 2. The van der Waals surface area contributed by atoms with Crippen LogP contribution in [0, 0.1) is 0 Å². The fraction of sp³-hybridized carbons (Fsp3) is 0.235. The van der Waals surface area contributed by atoms with Crippen LogP contribution in [0.25, 0.3) is 0 Å². The minimum absolute atomic E-state index is 0.282. The third-order valence-corrected chi connectivity index (χ3v) is 5.17. The van der Waals surface area contributed by atoms with Gasteiger partial charge in [-0.1, -0.05) is 22.0 Å². The van der Waals surface area contributed by atoms with E-state index in [0.29, 0.717) is 17.1 Å². The number of benzene rings is 2. The number of ether oxygens (including phenoxy) is 1. The first kappa shape index (κ1) is 19.3. The maximum atomic E-state index is 12.2. The van der Waals surface area contributed by atoms with Crippen LogP contribution in [-0.4, -0.2) is 33.7 Å². The number of carbonyl (C=O) groups is 1. The van der Waals surface area contributed by atoms with Crippen molar-refractivity contribution in [2.75, 3.05) is 22.9 Å². The molecule has 2 rings (SSSR count). The van der Waals surface area contributed by atoms with Crippen LogP contribution in [0.15, 0.2) is 53.0 Å². The summed E-state index contributed by atoms with van der Waals surface area (Å²) in [6, 6.07) is 13.8. The van der Waals surface area contributed by atoms with Gasteiger partial charge < -0.3 is 10.1 Å². The maximum absolute atomic E-state index is 12.2. The summed E-state index contributed by atoms with van der Waals surface area (Å²) in [4.78, 5) is 12.2. The van der Waals surface area contributed by atoms with E-state index in [0.717, 1.165) is 10.7 Å². The van der Waals surface area contributed by atoms with Crippen molar-refractivity contribution in [3.05, 3.63) is 53.0 Å². The Bertz CT molecular complexity index is 853. The lowest BCUT2D eigenvalue weighted by atomic mass is 10.3. The zero-order chi connectivity index (χ0) is 18.6. The second kappa shape index (κ2) is 7.88. The van der Waals surface area contributed by atoms with Gasteiger partial charge in [-0.15, -0.1) is 0 Å². The van der Waals surface area contributed by atoms with E-state index in [-0.39, 0.29) is 5.91 Å². The number of hydrogen-bond acceptors (Lipinski definition) is 4. The maximum Gasteiger partial charge on any atom is 0.265 e. The SMILES string of the molecule is C[C@H](Oc1ccc(N(C)S(C)(=O)=O)cc1)C(=O)Nc1cccc(Br)c1. The molecule has 1 amide bonds. The van der Waals surface area contributed by atoms with Gasteiger partial charge in [0.2, 0.25) is 10.0 Å². The molecule has 1 atom stereocenters. The molecule has 0 heterocycles. The fourth-order valence-electron chi connectivity index (χ4n) is 1.99. The van der Waals surface area contributed by atoms with Crippen molar-refractivity contribution in [3.63, 3.8) is 0 Å². The fourth-order valence-corrected chi connectivity index (χ4v) is 2.90. The number of halogens is 1. The van der Waals surface area contributed by atoms with Crippen LogP contribution in [0.5, 0.6) is 5.75 Å². The topological polar surface area (TPSA) is 75.7 Å². The average Bonchev–Trinajstić information content (AvgIpc) is 2.54. The highest BCUT2D eigenvalue weighted by atomic mass is 79.9. The van der Waals surface area contributed by atoms with Crippen molar-refractivity contribution in [1.82, 2.24) is 0 Å². The Morgan fingerprint density at radius 1 is 1.20 bits per heavy atom. The van der Waals surface area contributed by atoms with Crippen LogP contribution >= 0.6 is 15.9 Å². The standard InChI is InChI=1S/C17H19BrN2O4S/c1-12(17(21)19-14-6-4-5-13(18)11-14)24-16-9-7-15(8-10-16)20(2)25(3,22)23/h4-12H,1-3H3,(H,19,21)/t12-/m0/s1. The molecule has 0 aliphatic rings. The van der Waals surface area contributed by atoms with Crippen molar-refractivity contribution in [1.29, 1.82) is 0 Å². The van der Waals surface area contributed by atoms with Crippen molar-refractivity contribution in [2.24, 2.45) is 0 Å². The summed E-state index contributed by atoms with van der Waals surface area (Å²) < 4.78 is 30.7. The number of nitrogens with one attached hydrogen (secondary N) is 1. The Kier molecular flexibility index (Phi) is 6.07. The zero-order valence-electron chi connectivity index (χ0n) is 14.1. The molecular weight excluding hydrogens is 408 g/mol. The van der Waals surface area contributed by atoms with E-state index in [2.05, 4.69) is 21.2 Å². The summed E-state index contributed by atoms with van der Waals surface area (Å²) >= 11 is 3.35. The molecule has 0 bridgehead atoms. The Morgan fingerprint density at radius 2 is 1.84 bits per heavy atom. The Labute approximate surface area is 156 Å². The molecule has 0 aliphatic carbocycles. The van der Waals surface area contributed by atoms with Crippen LogP contribution in [-0.2, 0) is 14.8 Å². The lowest BCUT2D eigenvalue weighted by Gasteiger charge is -2.18. The van der Waals surface area contributed by atoms with E-state index in [1.807, 2.05) is 12.1 Å². The van der Waals surface area contributed by atoms with Gasteiger partial charge in [0.15, 0.2) is 6.10 Å². The van der Waals surface area contributed by atoms with Crippen molar-refractivity contribution in [2.45, 2.75) is 13.0 Å². The van der Waals surface area contributed by atoms with E-state index in [1.54, 1.807) is 43.3 Å². The highest BCUT2D eigenvalue weighted by molar-refractivity contribution is 9.10. The van der Waals surface area contributed by atoms with E-state index < -0.39 is 16.1 Å². The van der Waals surface area contributed by atoms with Gasteiger partial charge in [-0.3, -0.25) is 9.10 Å². The smallest absolute Gasteiger partial charge is 0.265 e. The van der Waals surface area contributed by atoms with Crippen molar-refractivity contribution in [3.8, 4) is 5.75 Å². The molecule has 0 unspecified atom stereocenters. The van der Waals surface area contributed by atoms with Gasteiger partial charge in [-0.2, -0.15) is 0 Å². The quantitative estimate of drug-likeness (QED) is 0.768. The number of hydrogen-bond donors (Lipinski definition) is 1. The van der Waals surface area contributed by atoms with Gasteiger partial charge in [-0.25, -0.2) is 8.42 Å². The minimum Gasteiger partial charge on any atom is -0.481 e. The third kappa shape index (κ3) is 5.47. The summed E-state index contributed by atoms with van der Waals surface area (Å²) in [6.07, 6.45) is 0.420. The molecule has 0 saturated carbocycles. The van der Waals surface area contributed by atoms with Crippen LogP contribution in [0.2, 0.25) is 0 Å². The van der Waals surface area contributed by atoms with E-state index >= 15 is 0 Å². The van der Waals surface area contributed by atoms with Gasteiger partial charge in [0.1, 0.15) is 5.75 Å². The lowest BCUT2D eigenvalue weighted by molar-refractivity contribution is -0.122. The first-order valence-corrected chi connectivity index (χ1v) is 10.1. The monoisotopic (exact) mass is 426 g/mol. The molecule has 1 N–H and O–H groups in total. The highest BCUT2D eigenvalue weighted by Gasteiger charge is 2.16. The van der Waals surface area contributed by atoms with Gasteiger partial charge >= 0.3 is 0 Å². The molecule has 0 spiro atoms. The molecule has 6 nitrogen and oxygen atoms in total. The molecule has 2 aromatic carbocycles. The molecule has 0 radical (unpaired) electrons. The van der Waals surface area contributed by atoms with Gasteiger partial charge in [-0.05, 0) is 49.4 Å². The number of rotatable bonds is 6. The van der Waals surface area contributed by atoms with E-state index in [9.17, 15) is 13.2 Å². The average molecular weight is 427 g/mol. The number of nitrogens with zero attached hydrogens (tertiary/aromatic N) is 1.